The van der Waals surface area contributed by atoms with Crippen molar-refractivity contribution in [2.45, 2.75) is 13.5 Å². The van der Waals surface area contributed by atoms with Crippen molar-refractivity contribution in [3.63, 3.8) is 0 Å². The van der Waals surface area contributed by atoms with Gasteiger partial charge in [0.05, 0.1) is 23.4 Å². The van der Waals surface area contributed by atoms with E-state index in [4.69, 9.17) is 4.52 Å². The lowest BCUT2D eigenvalue weighted by Crippen LogP contribution is -2.31. The van der Waals surface area contributed by atoms with Crippen LogP contribution in [-0.4, -0.2) is 48.7 Å². The molecule has 0 bridgehead atoms. The standard InChI is InChI=1S/C20H22N4O4S2/c1-4-12-24(30(3,26)27)16-10-8-15(9-11-16)20(25)23(5-2)14-18-21-19(22-28-18)17-7-6-13-29-17/h4,6-11,13H,1,5,12,14H2,2-3H3. The van der Waals surface area contributed by atoms with Crippen molar-refractivity contribution in [2.75, 3.05) is 23.7 Å². The summed E-state index contributed by atoms with van der Waals surface area (Å²) in [7, 11) is -3.45. The molecule has 10 heteroatoms. The summed E-state index contributed by atoms with van der Waals surface area (Å²) < 4.78 is 30.4. The third-order valence-electron chi connectivity index (χ3n) is 4.30. The summed E-state index contributed by atoms with van der Waals surface area (Å²) in [4.78, 5) is 19.7. The molecule has 0 saturated heterocycles. The molecule has 0 aliphatic rings. The van der Waals surface area contributed by atoms with E-state index in [1.54, 1.807) is 29.2 Å². The fraction of sp³-hybridized carbons (Fsp3) is 0.250. The van der Waals surface area contributed by atoms with Gasteiger partial charge in [-0.05, 0) is 42.6 Å². The molecular formula is C20H22N4O4S2. The van der Waals surface area contributed by atoms with Gasteiger partial charge >= 0.3 is 0 Å². The van der Waals surface area contributed by atoms with E-state index in [0.29, 0.717) is 29.5 Å². The van der Waals surface area contributed by atoms with Crippen LogP contribution in [0.3, 0.4) is 0 Å². The molecular weight excluding hydrogens is 424 g/mol. The number of anilines is 1. The van der Waals surface area contributed by atoms with Crippen molar-refractivity contribution in [3.05, 3.63) is 65.9 Å². The Morgan fingerprint density at radius 3 is 2.57 bits per heavy atom. The summed E-state index contributed by atoms with van der Waals surface area (Å²) in [6, 6.07) is 10.2. The van der Waals surface area contributed by atoms with Crippen LogP contribution in [0.15, 0.2) is 59.0 Å². The first-order valence-electron chi connectivity index (χ1n) is 9.18. The van der Waals surface area contributed by atoms with E-state index >= 15 is 0 Å². The topological polar surface area (TPSA) is 96.6 Å². The molecule has 0 saturated carbocycles. The van der Waals surface area contributed by atoms with Crippen molar-refractivity contribution < 1.29 is 17.7 Å². The second-order valence-electron chi connectivity index (χ2n) is 6.44. The van der Waals surface area contributed by atoms with Crippen LogP contribution in [0, 0.1) is 0 Å². The quantitative estimate of drug-likeness (QED) is 0.467. The van der Waals surface area contributed by atoms with Crippen molar-refractivity contribution in [3.8, 4) is 10.7 Å². The number of benzene rings is 1. The van der Waals surface area contributed by atoms with E-state index in [1.165, 1.54) is 21.7 Å². The molecule has 158 valence electrons. The fourth-order valence-electron chi connectivity index (χ4n) is 2.82. The van der Waals surface area contributed by atoms with Gasteiger partial charge < -0.3 is 9.42 Å². The Labute approximate surface area is 179 Å². The van der Waals surface area contributed by atoms with Gasteiger partial charge in [0.15, 0.2) is 0 Å². The summed E-state index contributed by atoms with van der Waals surface area (Å²) in [5, 5.41) is 5.89. The zero-order valence-electron chi connectivity index (χ0n) is 16.7. The number of hydrogen-bond acceptors (Lipinski definition) is 7. The predicted octanol–water partition coefficient (Wildman–Crippen LogP) is 3.41. The minimum absolute atomic E-state index is 0.150. The highest BCUT2D eigenvalue weighted by atomic mass is 32.2. The normalized spacial score (nSPS) is 11.3. The van der Waals surface area contributed by atoms with Gasteiger partial charge in [-0.3, -0.25) is 9.10 Å². The Morgan fingerprint density at radius 2 is 2.00 bits per heavy atom. The smallest absolute Gasteiger partial charge is 0.254 e. The molecule has 30 heavy (non-hydrogen) atoms. The van der Waals surface area contributed by atoms with Gasteiger partial charge in [-0.1, -0.05) is 17.3 Å². The summed E-state index contributed by atoms with van der Waals surface area (Å²) in [6.07, 6.45) is 2.64. The van der Waals surface area contributed by atoms with Crippen molar-refractivity contribution in [2.24, 2.45) is 0 Å². The molecule has 8 nitrogen and oxygen atoms in total. The zero-order chi connectivity index (χ0) is 21.7. The van der Waals surface area contributed by atoms with Gasteiger partial charge in [0, 0.05) is 12.1 Å². The van der Waals surface area contributed by atoms with E-state index in [1.807, 2.05) is 24.4 Å². The minimum atomic E-state index is -3.45. The Bertz CT molecular complexity index is 1110. The van der Waals surface area contributed by atoms with Crippen LogP contribution in [0.2, 0.25) is 0 Å². The number of carbonyl (C=O) groups excluding carboxylic acids is 1. The molecule has 0 radical (unpaired) electrons. The number of amides is 1. The summed E-state index contributed by atoms with van der Waals surface area (Å²) in [5.74, 6) is 0.630. The molecule has 0 unspecified atom stereocenters. The Balaban J connectivity index is 1.75. The van der Waals surface area contributed by atoms with Crippen LogP contribution in [0.25, 0.3) is 10.7 Å². The average Bonchev–Trinajstić information content (AvgIpc) is 3.41. The number of carbonyl (C=O) groups is 1. The van der Waals surface area contributed by atoms with E-state index in [2.05, 4.69) is 16.7 Å². The van der Waals surface area contributed by atoms with E-state index in [0.717, 1.165) is 11.1 Å². The third-order valence-corrected chi connectivity index (χ3v) is 6.33. The van der Waals surface area contributed by atoms with Gasteiger partial charge in [0.1, 0.15) is 6.54 Å². The van der Waals surface area contributed by atoms with Crippen LogP contribution in [0.1, 0.15) is 23.2 Å². The molecule has 3 aromatic rings. The summed E-state index contributed by atoms with van der Waals surface area (Å²) in [6.45, 7) is 6.23. The van der Waals surface area contributed by atoms with Crippen molar-refractivity contribution in [1.29, 1.82) is 0 Å². The van der Waals surface area contributed by atoms with Crippen molar-refractivity contribution in [1.82, 2.24) is 15.0 Å². The van der Waals surface area contributed by atoms with Crippen LogP contribution in [-0.2, 0) is 16.6 Å². The van der Waals surface area contributed by atoms with Crippen LogP contribution >= 0.6 is 11.3 Å². The lowest BCUT2D eigenvalue weighted by molar-refractivity contribution is 0.0734. The lowest BCUT2D eigenvalue weighted by Gasteiger charge is -2.22. The number of thiophene rings is 1. The molecule has 3 rings (SSSR count). The summed E-state index contributed by atoms with van der Waals surface area (Å²) in [5.41, 5.74) is 0.903. The van der Waals surface area contributed by atoms with E-state index in [9.17, 15) is 13.2 Å². The van der Waals surface area contributed by atoms with Crippen LogP contribution < -0.4 is 4.31 Å². The Kier molecular flexibility index (Phi) is 6.68. The average molecular weight is 447 g/mol. The maximum absolute atomic E-state index is 12.9. The molecule has 0 atom stereocenters. The molecule has 0 fully saturated rings. The molecule has 0 N–H and O–H groups in total. The van der Waals surface area contributed by atoms with Crippen LogP contribution in [0.4, 0.5) is 5.69 Å². The van der Waals surface area contributed by atoms with E-state index < -0.39 is 10.0 Å². The minimum Gasteiger partial charge on any atom is -0.337 e. The first-order valence-corrected chi connectivity index (χ1v) is 11.9. The second-order valence-corrected chi connectivity index (χ2v) is 9.29. The Hall–Kier alpha value is -2.98. The van der Waals surface area contributed by atoms with Crippen LogP contribution in [0.5, 0.6) is 0 Å². The number of nitrogens with zero attached hydrogens (tertiary/aromatic N) is 4. The summed E-state index contributed by atoms with van der Waals surface area (Å²) >= 11 is 1.51. The number of hydrogen-bond donors (Lipinski definition) is 0. The van der Waals surface area contributed by atoms with Gasteiger partial charge in [0.2, 0.25) is 21.7 Å². The van der Waals surface area contributed by atoms with Gasteiger partial charge in [-0.15, -0.1) is 17.9 Å². The number of aromatic nitrogens is 2. The zero-order valence-corrected chi connectivity index (χ0v) is 18.3. The molecule has 0 aliphatic heterocycles. The number of sulfonamides is 1. The maximum atomic E-state index is 12.9. The predicted molar refractivity (Wildman–Crippen MR) is 117 cm³/mol. The Morgan fingerprint density at radius 1 is 1.27 bits per heavy atom. The highest BCUT2D eigenvalue weighted by molar-refractivity contribution is 7.92. The molecule has 1 amide bonds. The van der Waals surface area contributed by atoms with Gasteiger partial charge in [-0.2, -0.15) is 4.98 Å². The lowest BCUT2D eigenvalue weighted by atomic mass is 10.1. The molecule has 1 aromatic carbocycles. The SMILES string of the molecule is C=CCN(c1ccc(C(=O)N(CC)Cc2nc(-c3cccs3)no2)cc1)S(C)(=O)=O. The third kappa shape index (κ3) is 4.95. The monoisotopic (exact) mass is 446 g/mol. The maximum Gasteiger partial charge on any atom is 0.254 e. The molecule has 0 aliphatic carbocycles. The van der Waals surface area contributed by atoms with E-state index in [-0.39, 0.29) is 19.0 Å². The van der Waals surface area contributed by atoms with Gasteiger partial charge in [0.25, 0.3) is 5.91 Å². The molecule has 0 spiro atoms. The fourth-order valence-corrected chi connectivity index (χ4v) is 4.35. The van der Waals surface area contributed by atoms with Crippen molar-refractivity contribution >= 4 is 33.0 Å². The molecule has 2 heterocycles. The first kappa shape index (κ1) is 21.7. The highest BCUT2D eigenvalue weighted by Gasteiger charge is 2.20. The largest absolute Gasteiger partial charge is 0.337 e. The second kappa shape index (κ2) is 9.23. The highest BCUT2D eigenvalue weighted by Crippen LogP contribution is 2.22. The van der Waals surface area contributed by atoms with Gasteiger partial charge in [-0.25, -0.2) is 8.42 Å². The molecule has 2 aromatic heterocycles. The number of rotatable bonds is 9. The first-order chi connectivity index (χ1) is 14.3.